The fraction of sp³-hybridized carbons (Fsp3) is 0.303. The lowest BCUT2D eigenvalue weighted by molar-refractivity contribution is -0.660. The number of aryl methyl sites for hydroxylation is 2. The molecule has 3 aromatic carbocycles. The zero-order valence-corrected chi connectivity index (χ0v) is 21.1. The molecule has 2 aromatic heterocycles. The summed E-state index contributed by atoms with van der Waals surface area (Å²) in [6, 6.07) is 22.9. The van der Waals surface area contributed by atoms with Crippen LogP contribution in [0.5, 0.6) is 0 Å². The molecule has 0 unspecified atom stereocenters. The van der Waals surface area contributed by atoms with E-state index in [-0.39, 0.29) is 5.41 Å². The molecular weight excluding hydrogens is 426 g/mol. The maximum absolute atomic E-state index is 6.75. The summed E-state index contributed by atoms with van der Waals surface area (Å²) < 4.78 is 8.98. The molecule has 0 saturated heterocycles. The van der Waals surface area contributed by atoms with Crippen molar-refractivity contribution in [3.8, 4) is 22.4 Å². The van der Waals surface area contributed by atoms with Crippen LogP contribution in [0.4, 0.5) is 0 Å². The van der Waals surface area contributed by atoms with Crippen molar-refractivity contribution in [1.29, 1.82) is 0 Å². The molecule has 0 radical (unpaired) electrons. The van der Waals surface area contributed by atoms with Crippen molar-refractivity contribution in [3.63, 3.8) is 0 Å². The number of furan rings is 1. The molecule has 1 fully saturated rings. The van der Waals surface area contributed by atoms with Crippen LogP contribution in [0.2, 0.25) is 0 Å². The van der Waals surface area contributed by atoms with E-state index < -0.39 is 0 Å². The van der Waals surface area contributed by atoms with Crippen molar-refractivity contribution in [2.24, 2.45) is 7.05 Å². The highest BCUT2D eigenvalue weighted by atomic mass is 16.3. The summed E-state index contributed by atoms with van der Waals surface area (Å²) in [5.74, 6) is 0.479. The normalized spacial score (nSPS) is 16.0. The first-order valence-electron chi connectivity index (χ1n) is 13.1. The number of pyridine rings is 1. The second-order valence-corrected chi connectivity index (χ2v) is 11.0. The summed E-state index contributed by atoms with van der Waals surface area (Å²) in [6.45, 7) is 6.72. The Morgan fingerprint density at radius 1 is 0.886 bits per heavy atom. The molecule has 2 heteroatoms. The van der Waals surface area contributed by atoms with Crippen LogP contribution in [0.3, 0.4) is 0 Å². The SMILES string of the molecule is Cc1ccc2c(oc3ccc4c(c32)-c2ccccc2C42CCCC2)c1-c1cc(C(C)C)cc[n+]1C. The van der Waals surface area contributed by atoms with E-state index in [1.165, 1.54) is 81.1 Å². The highest BCUT2D eigenvalue weighted by Crippen LogP contribution is 2.59. The molecule has 1 spiro atoms. The molecule has 0 bridgehead atoms. The summed E-state index contributed by atoms with van der Waals surface area (Å²) in [4.78, 5) is 0. The van der Waals surface area contributed by atoms with Crippen molar-refractivity contribution in [3.05, 3.63) is 89.1 Å². The summed E-state index contributed by atoms with van der Waals surface area (Å²) in [5, 5.41) is 2.52. The lowest BCUT2D eigenvalue weighted by Crippen LogP contribution is -2.31. The Balaban J connectivity index is 1.58. The van der Waals surface area contributed by atoms with Gasteiger partial charge in [0.25, 0.3) is 0 Å². The van der Waals surface area contributed by atoms with E-state index in [1.807, 2.05) is 0 Å². The van der Waals surface area contributed by atoms with Gasteiger partial charge in [-0.05, 0) is 65.1 Å². The van der Waals surface area contributed by atoms with E-state index in [1.54, 1.807) is 0 Å². The molecule has 2 aliphatic rings. The third kappa shape index (κ3) is 2.74. The zero-order valence-electron chi connectivity index (χ0n) is 21.1. The van der Waals surface area contributed by atoms with Gasteiger partial charge in [-0.3, -0.25) is 0 Å². The monoisotopic (exact) mass is 458 g/mol. The Labute approximate surface area is 207 Å². The van der Waals surface area contributed by atoms with E-state index in [9.17, 15) is 0 Å². The molecule has 0 amide bonds. The topological polar surface area (TPSA) is 17.0 Å². The molecule has 174 valence electrons. The van der Waals surface area contributed by atoms with Gasteiger partial charge < -0.3 is 4.42 Å². The van der Waals surface area contributed by atoms with Gasteiger partial charge in [0.05, 0.1) is 5.56 Å². The molecule has 1 saturated carbocycles. The van der Waals surface area contributed by atoms with E-state index in [4.69, 9.17) is 4.42 Å². The predicted octanol–water partition coefficient (Wildman–Crippen LogP) is 8.35. The number of hydrogen-bond acceptors (Lipinski definition) is 1. The molecule has 2 nitrogen and oxygen atoms in total. The third-order valence-electron chi connectivity index (χ3n) is 8.80. The van der Waals surface area contributed by atoms with Crippen molar-refractivity contribution >= 4 is 21.9 Å². The van der Waals surface area contributed by atoms with E-state index >= 15 is 0 Å². The third-order valence-corrected chi connectivity index (χ3v) is 8.80. The smallest absolute Gasteiger partial charge is 0.216 e. The Morgan fingerprint density at radius 3 is 2.49 bits per heavy atom. The molecule has 7 rings (SSSR count). The number of benzene rings is 3. The minimum Gasteiger partial charge on any atom is -0.455 e. The minimum absolute atomic E-state index is 0.176. The number of rotatable bonds is 2. The van der Waals surface area contributed by atoms with Crippen molar-refractivity contribution < 1.29 is 8.98 Å². The quantitative estimate of drug-likeness (QED) is 0.243. The minimum atomic E-state index is 0.176. The van der Waals surface area contributed by atoms with Crippen LogP contribution in [-0.4, -0.2) is 0 Å². The second-order valence-electron chi connectivity index (χ2n) is 11.0. The molecule has 0 aliphatic heterocycles. The van der Waals surface area contributed by atoms with Crippen molar-refractivity contribution in [1.82, 2.24) is 0 Å². The highest BCUT2D eigenvalue weighted by Gasteiger charge is 2.45. The first-order valence-corrected chi connectivity index (χ1v) is 13.1. The number of hydrogen-bond donors (Lipinski definition) is 0. The molecule has 0 atom stereocenters. The Morgan fingerprint density at radius 2 is 1.69 bits per heavy atom. The first kappa shape index (κ1) is 20.9. The lowest BCUT2D eigenvalue weighted by Gasteiger charge is -2.26. The van der Waals surface area contributed by atoms with Crippen LogP contribution in [0, 0.1) is 6.92 Å². The van der Waals surface area contributed by atoms with Gasteiger partial charge in [-0.15, -0.1) is 0 Å². The fourth-order valence-corrected chi connectivity index (χ4v) is 7.00. The first-order chi connectivity index (χ1) is 17.0. The molecule has 2 heterocycles. The fourth-order valence-electron chi connectivity index (χ4n) is 7.00. The average Bonchev–Trinajstić information content (AvgIpc) is 3.56. The van der Waals surface area contributed by atoms with Crippen LogP contribution in [0.1, 0.15) is 67.7 Å². The summed E-state index contributed by atoms with van der Waals surface area (Å²) in [7, 11) is 2.14. The van der Waals surface area contributed by atoms with Gasteiger partial charge in [0.2, 0.25) is 5.69 Å². The molecule has 5 aromatic rings. The maximum atomic E-state index is 6.75. The standard InChI is InChI=1S/C33H32NO/c1-20(2)22-15-18-34(4)27(19-22)29-21(3)11-12-24-31-28(35-32(24)29)14-13-26-30(31)23-9-5-6-10-25(23)33(26)16-7-8-17-33/h5-6,9-15,18-20H,7-8,16-17H2,1-4H3/q+1. The van der Waals surface area contributed by atoms with Gasteiger partial charge in [-0.1, -0.05) is 69.2 Å². The van der Waals surface area contributed by atoms with E-state index in [0.29, 0.717) is 5.92 Å². The highest BCUT2D eigenvalue weighted by molar-refractivity contribution is 6.17. The number of nitrogens with zero attached hydrogens (tertiary/aromatic N) is 1. The lowest BCUT2D eigenvalue weighted by atomic mass is 9.76. The van der Waals surface area contributed by atoms with Crippen LogP contribution in [0.15, 0.2) is 71.3 Å². The molecule has 0 N–H and O–H groups in total. The molecule has 35 heavy (non-hydrogen) atoms. The summed E-state index contributed by atoms with van der Waals surface area (Å²) in [6.07, 6.45) is 7.30. The Hall–Kier alpha value is -3.39. The van der Waals surface area contributed by atoms with Crippen molar-refractivity contribution in [2.45, 2.75) is 57.8 Å². The van der Waals surface area contributed by atoms with E-state index in [0.717, 1.165) is 11.2 Å². The second kappa shape index (κ2) is 7.31. The van der Waals surface area contributed by atoms with Gasteiger partial charge in [-0.2, -0.15) is 0 Å². The zero-order chi connectivity index (χ0) is 23.9. The van der Waals surface area contributed by atoms with Crippen LogP contribution >= 0.6 is 0 Å². The van der Waals surface area contributed by atoms with Crippen LogP contribution < -0.4 is 4.57 Å². The van der Waals surface area contributed by atoms with E-state index in [2.05, 4.69) is 99.2 Å². The van der Waals surface area contributed by atoms with Gasteiger partial charge in [0.15, 0.2) is 6.20 Å². The number of fused-ring (bicyclic) bond motifs is 9. The Kier molecular flexibility index (Phi) is 4.37. The summed E-state index contributed by atoms with van der Waals surface area (Å²) in [5.41, 5.74) is 13.1. The van der Waals surface area contributed by atoms with Gasteiger partial charge in [0.1, 0.15) is 18.2 Å². The van der Waals surface area contributed by atoms with Crippen LogP contribution in [-0.2, 0) is 12.5 Å². The van der Waals surface area contributed by atoms with Gasteiger partial charge in [-0.25, -0.2) is 4.57 Å². The molecule has 2 aliphatic carbocycles. The summed E-state index contributed by atoms with van der Waals surface area (Å²) >= 11 is 0. The van der Waals surface area contributed by atoms with Gasteiger partial charge >= 0.3 is 0 Å². The van der Waals surface area contributed by atoms with Gasteiger partial charge in [0, 0.05) is 28.3 Å². The van der Waals surface area contributed by atoms with Crippen LogP contribution in [0.25, 0.3) is 44.3 Å². The average molecular weight is 459 g/mol. The number of aromatic nitrogens is 1. The van der Waals surface area contributed by atoms with Crippen molar-refractivity contribution in [2.75, 3.05) is 0 Å². The maximum Gasteiger partial charge on any atom is 0.216 e. The Bertz CT molecular complexity index is 1650. The molecular formula is C33H32NO+. The largest absolute Gasteiger partial charge is 0.455 e. The predicted molar refractivity (Wildman–Crippen MR) is 144 cm³/mol.